The first-order valence-electron chi connectivity index (χ1n) is 11.4. The Balaban J connectivity index is 1.35. The maximum atomic E-state index is 12.4. The van der Waals surface area contributed by atoms with Crippen LogP contribution >= 0.6 is 27.3 Å². The number of nitriles is 1. The summed E-state index contributed by atoms with van der Waals surface area (Å²) in [6.07, 6.45) is 3.81. The zero-order valence-corrected chi connectivity index (χ0v) is 21.9. The molecule has 0 aliphatic carbocycles. The minimum Gasteiger partial charge on any atom is -0.492 e. The molecule has 9 heteroatoms. The highest BCUT2D eigenvalue weighted by atomic mass is 79.9. The second-order valence-corrected chi connectivity index (χ2v) is 9.89. The van der Waals surface area contributed by atoms with Crippen LogP contribution in [0.15, 0.2) is 89.5 Å². The number of amides is 1. The molecule has 0 aliphatic heterocycles. The lowest BCUT2D eigenvalue weighted by molar-refractivity contribution is 0.102. The van der Waals surface area contributed by atoms with Crippen LogP contribution < -0.4 is 10.1 Å². The van der Waals surface area contributed by atoms with Crippen molar-refractivity contribution in [2.75, 3.05) is 11.9 Å². The van der Waals surface area contributed by atoms with Crippen LogP contribution in [0, 0.1) is 11.3 Å². The van der Waals surface area contributed by atoms with Crippen LogP contribution in [0.25, 0.3) is 22.6 Å². The average Bonchev–Trinajstić information content (AvgIpc) is 3.53. The standard InChI is InChI=1S/C28H20BrN5O2S/c29-22-10-12-23(13-11-22)36-15-14-34-18-21(24-8-4-5-9-25(24)34)16-20(17-30)27-32-33-28(37-27)31-26(35)19-6-2-1-3-7-19/h1-13,16,18H,14-15H2,(H,31,33,35)/b20-16+. The first kappa shape index (κ1) is 24.4. The number of ether oxygens (including phenoxy) is 1. The molecule has 0 bridgehead atoms. The molecule has 0 fully saturated rings. The predicted molar refractivity (Wildman–Crippen MR) is 149 cm³/mol. The second kappa shape index (κ2) is 11.2. The third-order valence-electron chi connectivity index (χ3n) is 5.57. The number of carbonyl (C=O) groups is 1. The normalized spacial score (nSPS) is 11.3. The molecule has 0 aliphatic rings. The Morgan fingerprint density at radius 1 is 1.05 bits per heavy atom. The van der Waals surface area contributed by atoms with Gasteiger partial charge in [-0.05, 0) is 48.5 Å². The largest absolute Gasteiger partial charge is 0.492 e. The van der Waals surface area contributed by atoms with E-state index in [9.17, 15) is 10.1 Å². The number of nitrogens with one attached hydrogen (secondary N) is 1. The van der Waals surface area contributed by atoms with E-state index in [0.29, 0.717) is 34.4 Å². The molecule has 0 radical (unpaired) electrons. The van der Waals surface area contributed by atoms with Gasteiger partial charge in [0, 0.05) is 32.7 Å². The predicted octanol–water partition coefficient (Wildman–Crippen LogP) is 6.65. The van der Waals surface area contributed by atoms with E-state index in [-0.39, 0.29) is 5.91 Å². The summed E-state index contributed by atoms with van der Waals surface area (Å²) in [4.78, 5) is 12.4. The maximum Gasteiger partial charge on any atom is 0.257 e. The smallest absolute Gasteiger partial charge is 0.257 e. The number of hydrogen-bond acceptors (Lipinski definition) is 6. The molecule has 0 saturated carbocycles. The van der Waals surface area contributed by atoms with Crippen LogP contribution in [0.3, 0.4) is 0 Å². The van der Waals surface area contributed by atoms with Crippen LogP contribution in [0.4, 0.5) is 5.13 Å². The van der Waals surface area contributed by atoms with Gasteiger partial charge in [-0.3, -0.25) is 10.1 Å². The SMILES string of the molecule is N#C/C(=C\c1cn(CCOc2ccc(Br)cc2)c2ccccc12)c1nnc(NC(=O)c2ccccc2)s1. The van der Waals surface area contributed by atoms with E-state index in [0.717, 1.165) is 38.0 Å². The van der Waals surface area contributed by atoms with Gasteiger partial charge in [-0.15, -0.1) is 10.2 Å². The molecule has 0 atom stereocenters. The minimum absolute atomic E-state index is 0.279. The van der Waals surface area contributed by atoms with Crippen molar-refractivity contribution in [1.29, 1.82) is 5.26 Å². The van der Waals surface area contributed by atoms with E-state index in [1.807, 2.05) is 60.8 Å². The van der Waals surface area contributed by atoms with Crippen molar-refractivity contribution in [3.8, 4) is 11.8 Å². The number of benzene rings is 3. The van der Waals surface area contributed by atoms with E-state index in [2.05, 4.69) is 42.1 Å². The molecule has 37 heavy (non-hydrogen) atoms. The molecule has 0 unspecified atom stereocenters. The number of nitrogens with zero attached hydrogens (tertiary/aromatic N) is 4. The molecule has 7 nitrogen and oxygen atoms in total. The van der Waals surface area contributed by atoms with Crippen molar-refractivity contribution in [3.05, 3.63) is 106 Å². The molecule has 0 saturated heterocycles. The third-order valence-corrected chi connectivity index (χ3v) is 6.97. The van der Waals surface area contributed by atoms with Gasteiger partial charge in [0.05, 0.1) is 12.1 Å². The van der Waals surface area contributed by atoms with E-state index in [4.69, 9.17) is 4.74 Å². The van der Waals surface area contributed by atoms with Gasteiger partial charge in [-0.1, -0.05) is 63.7 Å². The third kappa shape index (κ3) is 5.77. The highest BCUT2D eigenvalue weighted by molar-refractivity contribution is 9.10. The van der Waals surface area contributed by atoms with Gasteiger partial charge in [0.15, 0.2) is 5.01 Å². The number of fused-ring (bicyclic) bond motifs is 1. The molecule has 2 heterocycles. The average molecular weight is 570 g/mol. The maximum absolute atomic E-state index is 12.4. The molecule has 182 valence electrons. The highest BCUT2D eigenvalue weighted by Gasteiger charge is 2.14. The zero-order chi connectivity index (χ0) is 25.6. The molecule has 0 spiro atoms. The Bertz CT molecular complexity index is 1620. The van der Waals surface area contributed by atoms with E-state index >= 15 is 0 Å². The second-order valence-electron chi connectivity index (χ2n) is 8.00. The number of para-hydroxylation sites is 1. The summed E-state index contributed by atoms with van der Waals surface area (Å²) in [5.74, 6) is 0.525. The number of halogens is 1. The molecule has 1 N–H and O–H groups in total. The number of carbonyl (C=O) groups excluding carboxylic acids is 1. The van der Waals surface area contributed by atoms with E-state index in [1.165, 1.54) is 0 Å². The van der Waals surface area contributed by atoms with E-state index in [1.54, 1.807) is 30.3 Å². The van der Waals surface area contributed by atoms with Gasteiger partial charge in [0.2, 0.25) is 5.13 Å². The Morgan fingerprint density at radius 2 is 1.81 bits per heavy atom. The lowest BCUT2D eigenvalue weighted by Crippen LogP contribution is -2.11. The number of rotatable bonds is 8. The van der Waals surface area contributed by atoms with Crippen molar-refractivity contribution >= 4 is 60.9 Å². The van der Waals surface area contributed by atoms with Crippen LogP contribution in [-0.4, -0.2) is 27.3 Å². The number of aromatic nitrogens is 3. The summed E-state index contributed by atoms with van der Waals surface area (Å²) in [6.45, 7) is 1.14. The van der Waals surface area contributed by atoms with Crippen molar-refractivity contribution in [1.82, 2.24) is 14.8 Å². The minimum atomic E-state index is -0.279. The summed E-state index contributed by atoms with van der Waals surface area (Å²) >= 11 is 4.59. The summed E-state index contributed by atoms with van der Waals surface area (Å²) < 4.78 is 9.01. The molecule has 2 aromatic heterocycles. The molecule has 5 aromatic rings. The van der Waals surface area contributed by atoms with E-state index < -0.39 is 0 Å². The van der Waals surface area contributed by atoms with Gasteiger partial charge in [0.1, 0.15) is 18.4 Å². The quantitative estimate of drug-likeness (QED) is 0.211. The van der Waals surface area contributed by atoms with Crippen LogP contribution in [0.5, 0.6) is 5.75 Å². The van der Waals surface area contributed by atoms with Crippen LogP contribution in [0.2, 0.25) is 0 Å². The molecule has 1 amide bonds. The first-order chi connectivity index (χ1) is 18.1. The van der Waals surface area contributed by atoms with Gasteiger partial charge in [-0.2, -0.15) is 5.26 Å². The number of anilines is 1. The topological polar surface area (TPSA) is 92.8 Å². The fourth-order valence-electron chi connectivity index (χ4n) is 3.81. The Hall–Kier alpha value is -4.26. The van der Waals surface area contributed by atoms with Crippen LogP contribution in [-0.2, 0) is 6.54 Å². The number of allylic oxidation sites excluding steroid dienone is 1. The summed E-state index contributed by atoms with van der Waals surface area (Å²) in [6, 6.07) is 26.8. The fourth-order valence-corrected chi connectivity index (χ4v) is 4.78. The zero-order valence-electron chi connectivity index (χ0n) is 19.5. The van der Waals surface area contributed by atoms with Gasteiger partial charge in [0.25, 0.3) is 5.91 Å². The van der Waals surface area contributed by atoms with Crippen molar-refractivity contribution in [2.45, 2.75) is 6.54 Å². The lowest BCUT2D eigenvalue weighted by atomic mass is 10.1. The van der Waals surface area contributed by atoms with Gasteiger partial charge >= 0.3 is 0 Å². The summed E-state index contributed by atoms with van der Waals surface area (Å²) in [5.41, 5.74) is 2.82. The molecule has 5 rings (SSSR count). The monoisotopic (exact) mass is 569 g/mol. The van der Waals surface area contributed by atoms with Crippen molar-refractivity contribution in [3.63, 3.8) is 0 Å². The lowest BCUT2D eigenvalue weighted by Gasteiger charge is -2.08. The highest BCUT2D eigenvalue weighted by Crippen LogP contribution is 2.29. The van der Waals surface area contributed by atoms with Crippen molar-refractivity contribution in [2.24, 2.45) is 0 Å². The first-order valence-corrected chi connectivity index (χ1v) is 13.0. The molecule has 3 aromatic carbocycles. The Kier molecular flexibility index (Phi) is 7.40. The summed E-state index contributed by atoms with van der Waals surface area (Å²) in [7, 11) is 0. The molecular formula is C28H20BrN5O2S. The van der Waals surface area contributed by atoms with Crippen LogP contribution in [0.1, 0.15) is 20.9 Å². The fraction of sp³-hybridized carbons (Fsp3) is 0.0714. The number of hydrogen-bond donors (Lipinski definition) is 1. The Morgan fingerprint density at radius 3 is 2.59 bits per heavy atom. The van der Waals surface area contributed by atoms with Crippen molar-refractivity contribution < 1.29 is 9.53 Å². The Labute approximate surface area is 225 Å². The van der Waals surface area contributed by atoms with Gasteiger partial charge in [-0.25, -0.2) is 0 Å². The molecular weight excluding hydrogens is 550 g/mol. The van der Waals surface area contributed by atoms with Gasteiger partial charge < -0.3 is 9.30 Å². The summed E-state index contributed by atoms with van der Waals surface area (Å²) in [5, 5.41) is 22.6.